The van der Waals surface area contributed by atoms with Gasteiger partial charge in [0, 0.05) is 5.75 Å². The van der Waals surface area contributed by atoms with Crippen molar-refractivity contribution in [3.05, 3.63) is 35.9 Å². The molecule has 2 atom stereocenters. The number of amides is 1. The molecule has 0 spiro atoms. The van der Waals surface area contributed by atoms with Gasteiger partial charge in [0.2, 0.25) is 0 Å². The molecule has 0 aromatic heterocycles. The van der Waals surface area contributed by atoms with Gasteiger partial charge in [0.1, 0.15) is 0 Å². The highest BCUT2D eigenvalue weighted by Gasteiger charge is 2.30. The molecule has 1 N–H and O–H groups in total. The maximum absolute atomic E-state index is 12.2. The third-order valence-electron chi connectivity index (χ3n) is 3.92. The number of nitrogens with zero attached hydrogens (tertiary/aromatic N) is 1. The minimum Gasteiger partial charge on any atom is -0.465 e. The van der Waals surface area contributed by atoms with E-state index in [2.05, 4.69) is 10.5 Å². The summed E-state index contributed by atoms with van der Waals surface area (Å²) < 4.78 is 5.06. The molecule has 1 aliphatic rings. The Labute approximate surface area is 147 Å². The summed E-state index contributed by atoms with van der Waals surface area (Å²) in [6, 6.07) is 10.0. The first-order valence-corrected chi connectivity index (χ1v) is 9.35. The van der Waals surface area contributed by atoms with E-state index in [4.69, 9.17) is 4.74 Å². The van der Waals surface area contributed by atoms with Crippen LogP contribution in [0.2, 0.25) is 0 Å². The van der Waals surface area contributed by atoms with Gasteiger partial charge >= 0.3 is 5.97 Å². The Morgan fingerprint density at radius 2 is 2.12 bits per heavy atom. The first-order valence-electron chi connectivity index (χ1n) is 8.30. The van der Waals surface area contributed by atoms with Crippen molar-refractivity contribution in [3.63, 3.8) is 0 Å². The molecule has 0 aliphatic heterocycles. The standard InChI is InChI=1S/C18H24N2O3S/c1-3-23-18(22)15-10-7-11-16(15)19-20-17(21)13(2)24-12-14-8-5-4-6-9-14/h4-6,8-9,13,15H,3,7,10-12H2,1-2H3,(H,20,21)/b19-16-/t13-,15+/m1/s1. The van der Waals surface area contributed by atoms with Crippen LogP contribution >= 0.6 is 11.8 Å². The first-order chi connectivity index (χ1) is 11.6. The number of carbonyl (C=O) groups is 2. The van der Waals surface area contributed by atoms with Crippen molar-refractivity contribution in [2.75, 3.05) is 6.61 Å². The highest BCUT2D eigenvalue weighted by atomic mass is 32.2. The lowest BCUT2D eigenvalue weighted by Crippen LogP contribution is -2.30. The molecule has 6 heteroatoms. The summed E-state index contributed by atoms with van der Waals surface area (Å²) in [7, 11) is 0. The Morgan fingerprint density at radius 1 is 1.38 bits per heavy atom. The smallest absolute Gasteiger partial charge is 0.314 e. The number of rotatable bonds is 7. The van der Waals surface area contributed by atoms with E-state index < -0.39 is 0 Å². The van der Waals surface area contributed by atoms with Crippen molar-refractivity contribution < 1.29 is 14.3 Å². The lowest BCUT2D eigenvalue weighted by Gasteiger charge is -2.12. The number of ether oxygens (including phenoxy) is 1. The largest absolute Gasteiger partial charge is 0.465 e. The van der Waals surface area contributed by atoms with Crippen LogP contribution in [0.25, 0.3) is 0 Å². The molecule has 1 aromatic carbocycles. The Morgan fingerprint density at radius 3 is 2.83 bits per heavy atom. The van der Waals surface area contributed by atoms with Crippen LogP contribution in [0.1, 0.15) is 38.7 Å². The Kier molecular flexibility index (Phi) is 7.31. The fraction of sp³-hybridized carbons (Fsp3) is 0.500. The molecule has 1 amide bonds. The molecule has 0 radical (unpaired) electrons. The van der Waals surface area contributed by atoms with Gasteiger partial charge in [-0.25, -0.2) is 5.43 Å². The zero-order chi connectivity index (χ0) is 17.4. The lowest BCUT2D eigenvalue weighted by atomic mass is 10.1. The number of hydrogen-bond acceptors (Lipinski definition) is 5. The third kappa shape index (κ3) is 5.37. The number of hydrogen-bond donors (Lipinski definition) is 1. The predicted octanol–water partition coefficient (Wildman–Crippen LogP) is 3.14. The summed E-state index contributed by atoms with van der Waals surface area (Å²) in [4.78, 5) is 24.0. The molecule has 0 saturated heterocycles. The molecule has 1 fully saturated rings. The van der Waals surface area contributed by atoms with Crippen molar-refractivity contribution in [1.82, 2.24) is 5.43 Å². The summed E-state index contributed by atoms with van der Waals surface area (Å²) in [5.74, 6) is 0.0854. The van der Waals surface area contributed by atoms with Gasteiger partial charge in [-0.05, 0) is 38.7 Å². The van der Waals surface area contributed by atoms with Crippen LogP contribution in [0.5, 0.6) is 0 Å². The van der Waals surface area contributed by atoms with Crippen molar-refractivity contribution >= 4 is 29.4 Å². The van der Waals surface area contributed by atoms with Gasteiger partial charge in [0.05, 0.1) is 23.5 Å². The number of benzene rings is 1. The van der Waals surface area contributed by atoms with Crippen LogP contribution < -0.4 is 5.43 Å². The highest BCUT2D eigenvalue weighted by molar-refractivity contribution is 7.99. The molecule has 0 unspecified atom stereocenters. The molecule has 24 heavy (non-hydrogen) atoms. The maximum atomic E-state index is 12.2. The number of esters is 1. The zero-order valence-electron chi connectivity index (χ0n) is 14.2. The lowest BCUT2D eigenvalue weighted by molar-refractivity contribution is -0.145. The monoisotopic (exact) mass is 348 g/mol. The van der Waals surface area contributed by atoms with E-state index in [-0.39, 0.29) is 23.0 Å². The molecule has 1 aliphatic carbocycles. The van der Waals surface area contributed by atoms with Crippen LogP contribution in [0.15, 0.2) is 35.4 Å². The van der Waals surface area contributed by atoms with Crippen molar-refractivity contribution in [2.24, 2.45) is 11.0 Å². The molecule has 2 rings (SSSR count). The fourth-order valence-electron chi connectivity index (χ4n) is 2.55. The molecule has 130 valence electrons. The summed E-state index contributed by atoms with van der Waals surface area (Å²) in [5, 5.41) is 3.98. The van der Waals surface area contributed by atoms with E-state index in [0.717, 1.165) is 30.7 Å². The fourth-order valence-corrected chi connectivity index (χ4v) is 3.39. The van der Waals surface area contributed by atoms with E-state index >= 15 is 0 Å². The average Bonchev–Trinajstić information content (AvgIpc) is 3.07. The Hall–Kier alpha value is -1.82. The molecule has 1 saturated carbocycles. The third-order valence-corrected chi connectivity index (χ3v) is 5.13. The molecule has 1 aromatic rings. The van der Waals surface area contributed by atoms with Gasteiger partial charge in [0.25, 0.3) is 5.91 Å². The molecule has 5 nitrogen and oxygen atoms in total. The van der Waals surface area contributed by atoms with Gasteiger partial charge in [-0.15, -0.1) is 11.8 Å². The van der Waals surface area contributed by atoms with Gasteiger partial charge in [-0.2, -0.15) is 5.10 Å². The molecule has 0 heterocycles. The van der Waals surface area contributed by atoms with E-state index in [1.165, 1.54) is 5.56 Å². The second kappa shape index (κ2) is 9.47. The van der Waals surface area contributed by atoms with Crippen LogP contribution in [-0.2, 0) is 20.1 Å². The SMILES string of the molecule is CCOC(=O)[C@H]1CCC/C1=N/NC(=O)[C@@H](C)SCc1ccccc1. The topological polar surface area (TPSA) is 67.8 Å². The zero-order valence-corrected chi connectivity index (χ0v) is 15.0. The maximum Gasteiger partial charge on any atom is 0.314 e. The van der Waals surface area contributed by atoms with Crippen molar-refractivity contribution in [2.45, 2.75) is 44.1 Å². The quantitative estimate of drug-likeness (QED) is 0.607. The van der Waals surface area contributed by atoms with Crippen LogP contribution in [0.3, 0.4) is 0 Å². The second-order valence-electron chi connectivity index (χ2n) is 5.71. The van der Waals surface area contributed by atoms with Crippen LogP contribution in [0, 0.1) is 5.92 Å². The highest BCUT2D eigenvalue weighted by Crippen LogP contribution is 2.24. The van der Waals surface area contributed by atoms with Crippen LogP contribution in [-0.4, -0.2) is 29.4 Å². The van der Waals surface area contributed by atoms with Gasteiger partial charge in [-0.1, -0.05) is 30.3 Å². The van der Waals surface area contributed by atoms with Gasteiger partial charge in [-0.3, -0.25) is 9.59 Å². The van der Waals surface area contributed by atoms with E-state index in [1.807, 2.05) is 37.3 Å². The molecular formula is C18H24N2O3S. The Bertz CT molecular complexity index is 589. The average molecular weight is 348 g/mol. The van der Waals surface area contributed by atoms with Gasteiger partial charge in [0.15, 0.2) is 0 Å². The molecule has 0 bridgehead atoms. The summed E-state index contributed by atoms with van der Waals surface area (Å²) >= 11 is 1.56. The summed E-state index contributed by atoms with van der Waals surface area (Å²) in [6.45, 7) is 4.01. The van der Waals surface area contributed by atoms with E-state index in [1.54, 1.807) is 18.7 Å². The first kappa shape index (κ1) is 18.5. The number of hydrazone groups is 1. The second-order valence-corrected chi connectivity index (χ2v) is 7.04. The normalized spacial score (nSPS) is 19.9. The van der Waals surface area contributed by atoms with Crippen molar-refractivity contribution in [1.29, 1.82) is 0 Å². The van der Waals surface area contributed by atoms with E-state index in [0.29, 0.717) is 6.61 Å². The number of thioether (sulfide) groups is 1. The van der Waals surface area contributed by atoms with E-state index in [9.17, 15) is 9.59 Å². The van der Waals surface area contributed by atoms with Crippen molar-refractivity contribution in [3.8, 4) is 0 Å². The van der Waals surface area contributed by atoms with Gasteiger partial charge < -0.3 is 4.74 Å². The number of nitrogens with one attached hydrogen (secondary N) is 1. The minimum atomic E-state index is -0.308. The minimum absolute atomic E-state index is 0.141. The number of carbonyl (C=O) groups excluding carboxylic acids is 2. The van der Waals surface area contributed by atoms with Crippen LogP contribution in [0.4, 0.5) is 0 Å². The summed E-state index contributed by atoms with van der Waals surface area (Å²) in [6.07, 6.45) is 2.37. The summed E-state index contributed by atoms with van der Waals surface area (Å²) in [5.41, 5.74) is 4.52. The molecular weight excluding hydrogens is 324 g/mol. The predicted molar refractivity (Wildman–Crippen MR) is 96.8 cm³/mol. The Balaban J connectivity index is 1.83.